The molecule has 0 bridgehead atoms. The van der Waals surface area contributed by atoms with Crippen LogP contribution in [0.25, 0.3) is 0 Å². The topological polar surface area (TPSA) is 49.4 Å². The first kappa shape index (κ1) is 15.2. The van der Waals surface area contributed by atoms with Gasteiger partial charge in [-0.25, -0.2) is 8.42 Å². The Hall–Kier alpha value is -1.21. The lowest BCUT2D eigenvalue weighted by atomic mass is 10.2. The highest BCUT2D eigenvalue weighted by Crippen LogP contribution is 2.31. The van der Waals surface area contributed by atoms with E-state index in [2.05, 4.69) is 5.32 Å². The van der Waals surface area contributed by atoms with Gasteiger partial charge in [-0.1, -0.05) is 12.1 Å². The maximum atomic E-state index is 12.8. The number of nitrogens with one attached hydrogen (secondary N) is 1. The van der Waals surface area contributed by atoms with Crippen LogP contribution in [0.4, 0.5) is 14.5 Å². The summed E-state index contributed by atoms with van der Waals surface area (Å²) in [6.45, 7) is 4.05. The van der Waals surface area contributed by atoms with E-state index in [1.807, 2.05) is 11.8 Å². The number of sulfone groups is 1. The molecule has 1 aliphatic rings. The normalized spacial score (nSPS) is 19.5. The van der Waals surface area contributed by atoms with Crippen molar-refractivity contribution in [3.05, 3.63) is 24.3 Å². The molecule has 1 fully saturated rings. The molecule has 0 amide bonds. The summed E-state index contributed by atoms with van der Waals surface area (Å²) in [7, 11) is -4.59. The van der Waals surface area contributed by atoms with Gasteiger partial charge < -0.3 is 10.2 Å². The Morgan fingerprint density at radius 3 is 2.65 bits per heavy atom. The monoisotopic (exact) mass is 304 g/mol. The van der Waals surface area contributed by atoms with E-state index >= 15 is 0 Å². The van der Waals surface area contributed by atoms with Crippen molar-refractivity contribution in [1.82, 2.24) is 5.32 Å². The van der Waals surface area contributed by atoms with E-state index in [1.54, 1.807) is 12.1 Å². The van der Waals surface area contributed by atoms with E-state index < -0.39 is 15.6 Å². The molecule has 1 N–H and O–H groups in total. The van der Waals surface area contributed by atoms with E-state index in [1.165, 1.54) is 12.1 Å². The molecule has 1 aliphatic heterocycles. The molecule has 7 heteroatoms. The quantitative estimate of drug-likeness (QED) is 0.902. The Balaban J connectivity index is 2.46. The van der Waals surface area contributed by atoms with E-state index in [0.717, 1.165) is 19.5 Å². The zero-order valence-corrected chi connectivity index (χ0v) is 12.0. The summed E-state index contributed by atoms with van der Waals surface area (Å²) in [6.07, 6.45) is 0.872. The minimum Gasteiger partial charge on any atom is -0.366 e. The highest BCUT2D eigenvalue weighted by Gasteiger charge is 2.32. The molecule has 0 aliphatic carbocycles. The molecular weight excluding hydrogens is 286 g/mol. The minimum absolute atomic E-state index is 0.133. The molecular formula is C13H18F2N2O2S. The lowest BCUT2D eigenvalue weighted by Gasteiger charge is -2.31. The Morgan fingerprint density at radius 2 is 2.10 bits per heavy atom. The number of halogens is 2. The minimum atomic E-state index is -4.59. The van der Waals surface area contributed by atoms with Gasteiger partial charge >= 0.3 is 5.76 Å². The van der Waals surface area contributed by atoms with Crippen LogP contribution in [-0.2, 0) is 9.84 Å². The number of anilines is 1. The standard InChI is InChI=1S/C13H18F2N2O2S/c1-2-17(10-7-8-16-9-10)11-5-3-4-6-12(11)20(18,19)13(14)15/h3-6,10,13,16H,2,7-9H2,1H3. The van der Waals surface area contributed by atoms with Crippen molar-refractivity contribution in [3.8, 4) is 0 Å². The van der Waals surface area contributed by atoms with Gasteiger partial charge in [0.2, 0.25) is 9.84 Å². The van der Waals surface area contributed by atoms with Gasteiger partial charge in [0.25, 0.3) is 0 Å². The van der Waals surface area contributed by atoms with Crippen LogP contribution in [-0.4, -0.2) is 39.9 Å². The van der Waals surface area contributed by atoms with Crippen LogP contribution in [0.5, 0.6) is 0 Å². The van der Waals surface area contributed by atoms with E-state index in [4.69, 9.17) is 0 Å². The van der Waals surface area contributed by atoms with Gasteiger partial charge in [-0.05, 0) is 32.0 Å². The number of hydrogen-bond acceptors (Lipinski definition) is 4. The third-order valence-electron chi connectivity index (χ3n) is 3.53. The Bertz CT molecular complexity index is 557. The van der Waals surface area contributed by atoms with Crippen LogP contribution in [0.2, 0.25) is 0 Å². The van der Waals surface area contributed by atoms with E-state index in [9.17, 15) is 17.2 Å². The molecule has 112 valence electrons. The summed E-state index contributed by atoms with van der Waals surface area (Å²) in [5.41, 5.74) is 0.365. The van der Waals surface area contributed by atoms with Gasteiger partial charge in [0.05, 0.1) is 10.6 Å². The lowest BCUT2D eigenvalue weighted by molar-refractivity contribution is 0.234. The molecule has 1 aromatic rings. The molecule has 0 aromatic heterocycles. The summed E-state index contributed by atoms with van der Waals surface area (Å²) >= 11 is 0. The van der Waals surface area contributed by atoms with Crippen LogP contribution in [0.15, 0.2) is 29.2 Å². The second-order valence-corrected chi connectivity index (χ2v) is 6.59. The molecule has 4 nitrogen and oxygen atoms in total. The highest BCUT2D eigenvalue weighted by atomic mass is 32.2. The van der Waals surface area contributed by atoms with E-state index in [0.29, 0.717) is 12.2 Å². The molecule has 1 atom stereocenters. The maximum absolute atomic E-state index is 12.8. The van der Waals surface area contributed by atoms with Crippen molar-refractivity contribution in [2.45, 2.75) is 30.0 Å². The van der Waals surface area contributed by atoms with Crippen molar-refractivity contribution < 1.29 is 17.2 Å². The SMILES string of the molecule is CCN(c1ccccc1S(=O)(=O)C(F)F)C1CCNC1. The lowest BCUT2D eigenvalue weighted by Crippen LogP contribution is -2.37. The number of rotatable bonds is 5. The molecule has 0 radical (unpaired) electrons. The Kier molecular flexibility index (Phi) is 4.59. The average molecular weight is 304 g/mol. The molecule has 20 heavy (non-hydrogen) atoms. The third kappa shape index (κ3) is 2.78. The molecule has 0 spiro atoms. The zero-order chi connectivity index (χ0) is 14.8. The van der Waals surface area contributed by atoms with Crippen molar-refractivity contribution in [2.75, 3.05) is 24.5 Å². The second kappa shape index (κ2) is 6.05. The number of benzene rings is 1. The molecule has 0 saturated carbocycles. The fourth-order valence-corrected chi connectivity index (χ4v) is 3.50. The summed E-state index contributed by atoms with van der Waals surface area (Å²) in [5.74, 6) is -3.40. The number of nitrogens with zero attached hydrogens (tertiary/aromatic N) is 1. The predicted molar refractivity (Wildman–Crippen MR) is 73.9 cm³/mol. The molecule has 1 saturated heterocycles. The van der Waals surface area contributed by atoms with Gasteiger partial charge in [0.15, 0.2) is 0 Å². The number of hydrogen-bond donors (Lipinski definition) is 1. The summed E-state index contributed by atoms with van der Waals surface area (Å²) in [5, 5.41) is 3.20. The van der Waals surface area contributed by atoms with Gasteiger partial charge in [-0.15, -0.1) is 0 Å². The predicted octanol–water partition coefficient (Wildman–Crippen LogP) is 1.87. The first-order valence-corrected chi connectivity index (χ1v) is 8.11. The first-order valence-electron chi connectivity index (χ1n) is 6.57. The number of alkyl halides is 2. The van der Waals surface area contributed by atoms with Crippen LogP contribution >= 0.6 is 0 Å². The van der Waals surface area contributed by atoms with Crippen LogP contribution in [0.1, 0.15) is 13.3 Å². The van der Waals surface area contributed by atoms with E-state index in [-0.39, 0.29) is 10.9 Å². The van der Waals surface area contributed by atoms with Crippen molar-refractivity contribution in [3.63, 3.8) is 0 Å². The van der Waals surface area contributed by atoms with Crippen molar-refractivity contribution in [1.29, 1.82) is 0 Å². The van der Waals surface area contributed by atoms with Gasteiger partial charge in [-0.3, -0.25) is 0 Å². The van der Waals surface area contributed by atoms with Crippen LogP contribution < -0.4 is 10.2 Å². The fraction of sp³-hybridized carbons (Fsp3) is 0.538. The smallest absolute Gasteiger partial charge is 0.341 e. The first-order chi connectivity index (χ1) is 9.48. The van der Waals surface area contributed by atoms with Gasteiger partial charge in [0.1, 0.15) is 0 Å². The summed E-state index contributed by atoms with van der Waals surface area (Å²) in [6, 6.07) is 6.12. The van der Waals surface area contributed by atoms with Crippen molar-refractivity contribution in [2.24, 2.45) is 0 Å². The van der Waals surface area contributed by atoms with Crippen LogP contribution in [0, 0.1) is 0 Å². The highest BCUT2D eigenvalue weighted by molar-refractivity contribution is 7.91. The number of likely N-dealkylation sites (N-methyl/N-ethyl adjacent to an activating group) is 1. The fourth-order valence-electron chi connectivity index (χ4n) is 2.56. The number of para-hydroxylation sites is 1. The maximum Gasteiger partial charge on any atom is 0.341 e. The third-order valence-corrected chi connectivity index (χ3v) is 4.96. The Morgan fingerprint density at radius 1 is 1.40 bits per heavy atom. The molecule has 1 unspecified atom stereocenters. The summed E-state index contributed by atoms with van der Waals surface area (Å²) < 4.78 is 49.2. The Labute approximate surface area is 117 Å². The molecule has 1 aromatic carbocycles. The second-order valence-electron chi connectivity index (χ2n) is 4.71. The van der Waals surface area contributed by atoms with Crippen molar-refractivity contribution >= 4 is 15.5 Å². The van der Waals surface area contributed by atoms with Gasteiger partial charge in [0, 0.05) is 19.1 Å². The molecule has 1 heterocycles. The van der Waals surface area contributed by atoms with Gasteiger partial charge in [-0.2, -0.15) is 8.78 Å². The molecule has 2 rings (SSSR count). The largest absolute Gasteiger partial charge is 0.366 e. The van der Waals surface area contributed by atoms with Crippen LogP contribution in [0.3, 0.4) is 0 Å². The average Bonchev–Trinajstić information content (AvgIpc) is 2.94. The summed E-state index contributed by atoms with van der Waals surface area (Å²) in [4.78, 5) is 1.60. The zero-order valence-electron chi connectivity index (χ0n) is 11.2.